The van der Waals surface area contributed by atoms with Crippen molar-refractivity contribution in [1.29, 1.82) is 0 Å². The van der Waals surface area contributed by atoms with Crippen molar-refractivity contribution in [1.82, 2.24) is 15.5 Å². The van der Waals surface area contributed by atoms with Gasteiger partial charge in [0.1, 0.15) is 17.0 Å². The number of fused-ring (bicyclic) bond motifs is 2. The maximum Gasteiger partial charge on any atom is 0.340 e. The van der Waals surface area contributed by atoms with Gasteiger partial charge in [-0.25, -0.2) is 9.59 Å². The SMILES string of the molecule is CCC1(/C=C2\OC(=O)C3=C2CC[C@H]2[C@@H]4CC[C@@]5(C6=C4[C@@H](CN4C(=O)C=CC4=O)C4=CCNC(=C4)NCSS[C@@H](O)[C@H](CCCCO)C/C=C/5OC6=O)[C@@H]32)CCCC1. The summed E-state index contributed by atoms with van der Waals surface area (Å²) >= 11 is 0. The largest absolute Gasteiger partial charge is 0.427 e. The first-order valence-electron chi connectivity index (χ1n) is 21.0. The van der Waals surface area contributed by atoms with Gasteiger partial charge in [-0.15, -0.1) is 0 Å². The summed E-state index contributed by atoms with van der Waals surface area (Å²) in [5, 5.41) is 28.0. The van der Waals surface area contributed by atoms with E-state index in [-0.39, 0.29) is 60.0 Å². The van der Waals surface area contributed by atoms with E-state index in [2.05, 4.69) is 29.7 Å². The Balaban J connectivity index is 1.24. The van der Waals surface area contributed by atoms with E-state index < -0.39 is 22.7 Å². The molecular formula is C44H53N3O8S2. The lowest BCUT2D eigenvalue weighted by atomic mass is 9.43. The van der Waals surface area contributed by atoms with Crippen molar-refractivity contribution in [3.63, 3.8) is 0 Å². The number of dihydropyridines is 1. The molecule has 10 rings (SSSR count). The highest BCUT2D eigenvalue weighted by Crippen LogP contribution is 2.71. The molecule has 0 aromatic rings. The standard InChI is InChI=1S/C44H53N3O8S2/c1-2-43(16-4-5-17-43)22-31-29-10-9-28-27-14-18-44(38(28)37(29)40(51)54-31)32-11-8-25(7-3-6-20-48)42(53)57-56-24-46-33-21-26(15-19-45-33)30(36(27)39(44)41(52)55-32)23-47-34(49)12-13-35(47)50/h11-13,15,21-22,25,27-28,30,38,42,45-46,48,53H,2-10,14,16-20,23-24H2,1H3/b31-22-,32-11-/t25-,27+,28+,30+,38-,42-,44+/m1/s1. The molecule has 5 aliphatic heterocycles. The summed E-state index contributed by atoms with van der Waals surface area (Å²) in [6, 6.07) is 0. The van der Waals surface area contributed by atoms with E-state index in [0.717, 1.165) is 73.9 Å². The number of esters is 2. The van der Waals surface area contributed by atoms with Gasteiger partial charge in [0.25, 0.3) is 11.8 Å². The smallest absolute Gasteiger partial charge is 0.340 e. The number of aliphatic hydroxyl groups is 2. The van der Waals surface area contributed by atoms with Gasteiger partial charge >= 0.3 is 11.9 Å². The molecule has 5 aliphatic carbocycles. The number of imide groups is 1. The van der Waals surface area contributed by atoms with Crippen molar-refractivity contribution in [2.45, 2.75) is 95.8 Å². The highest BCUT2D eigenvalue weighted by molar-refractivity contribution is 8.76. The van der Waals surface area contributed by atoms with Crippen LogP contribution in [0.25, 0.3) is 0 Å². The molecule has 57 heavy (non-hydrogen) atoms. The second-order valence-electron chi connectivity index (χ2n) is 17.3. The summed E-state index contributed by atoms with van der Waals surface area (Å²) in [7, 11) is 2.91. The van der Waals surface area contributed by atoms with Crippen molar-refractivity contribution < 1.29 is 38.9 Å². The highest BCUT2D eigenvalue weighted by atomic mass is 33.1. The average molecular weight is 816 g/mol. The van der Waals surface area contributed by atoms with Crippen LogP contribution in [0.5, 0.6) is 0 Å². The Labute approximate surface area is 342 Å². The maximum absolute atomic E-state index is 14.8. The molecule has 4 N–H and O–H groups in total. The number of ether oxygens (including phenoxy) is 2. The molecule has 10 aliphatic rings. The average Bonchev–Trinajstić information content (AvgIpc) is 3.98. The molecule has 1 saturated heterocycles. The van der Waals surface area contributed by atoms with E-state index in [1.807, 2.05) is 12.2 Å². The maximum atomic E-state index is 14.8. The second kappa shape index (κ2) is 15.6. The second-order valence-corrected chi connectivity index (χ2v) is 19.7. The van der Waals surface area contributed by atoms with Gasteiger partial charge in [-0.2, -0.15) is 0 Å². The summed E-state index contributed by atoms with van der Waals surface area (Å²) in [4.78, 5) is 56.9. The van der Waals surface area contributed by atoms with Gasteiger partial charge in [0.15, 0.2) is 0 Å². The number of carbonyl (C=O) groups excluding carboxylic acids is 4. The normalized spacial score (nSPS) is 36.0. The zero-order chi connectivity index (χ0) is 39.5. The Morgan fingerprint density at radius 3 is 2.58 bits per heavy atom. The third kappa shape index (κ3) is 6.59. The van der Waals surface area contributed by atoms with Crippen molar-refractivity contribution in [2.24, 2.45) is 40.4 Å². The molecule has 1 spiro atoms. The molecule has 0 unspecified atom stereocenters. The van der Waals surface area contributed by atoms with Gasteiger partial charge in [-0.05, 0) is 117 Å². The van der Waals surface area contributed by atoms with Crippen molar-refractivity contribution >= 4 is 45.3 Å². The fourth-order valence-corrected chi connectivity index (χ4v) is 13.9. The van der Waals surface area contributed by atoms with Crippen LogP contribution in [-0.4, -0.2) is 69.9 Å². The van der Waals surface area contributed by atoms with E-state index in [0.29, 0.717) is 67.2 Å². The highest BCUT2D eigenvalue weighted by Gasteiger charge is 2.69. The molecule has 5 heterocycles. The van der Waals surface area contributed by atoms with E-state index in [1.54, 1.807) is 0 Å². The molecule has 2 saturated carbocycles. The lowest BCUT2D eigenvalue weighted by molar-refractivity contribution is -0.138. The van der Waals surface area contributed by atoms with Crippen LogP contribution in [-0.2, 0) is 28.7 Å². The summed E-state index contributed by atoms with van der Waals surface area (Å²) in [5.74, 6) is -0.0256. The third-order valence-electron chi connectivity index (χ3n) is 14.6. The molecule has 2 amide bonds. The zero-order valence-electron chi connectivity index (χ0n) is 32.6. The number of hydrogen-bond donors (Lipinski definition) is 4. The van der Waals surface area contributed by atoms with Gasteiger partial charge < -0.3 is 30.3 Å². The summed E-state index contributed by atoms with van der Waals surface area (Å²) in [5.41, 5.74) is 2.41. The van der Waals surface area contributed by atoms with Gasteiger partial charge in [0.2, 0.25) is 0 Å². The van der Waals surface area contributed by atoms with Crippen LogP contribution < -0.4 is 10.6 Å². The minimum Gasteiger partial charge on any atom is -0.427 e. The van der Waals surface area contributed by atoms with Gasteiger partial charge in [0, 0.05) is 54.8 Å². The van der Waals surface area contributed by atoms with Crippen molar-refractivity contribution in [2.75, 3.05) is 25.6 Å². The number of rotatable bonds is 8. The molecule has 11 nitrogen and oxygen atoms in total. The predicted octanol–water partition coefficient (Wildman–Crippen LogP) is 6.21. The quantitative estimate of drug-likeness (QED) is 0.0954. The van der Waals surface area contributed by atoms with E-state index >= 15 is 0 Å². The number of aliphatic hydroxyl groups excluding tert-OH is 2. The minimum atomic E-state index is -0.954. The first-order valence-corrected chi connectivity index (χ1v) is 23.4. The lowest BCUT2D eigenvalue weighted by Crippen LogP contribution is -2.54. The molecule has 7 bridgehead atoms. The third-order valence-corrected chi connectivity index (χ3v) is 16.9. The molecule has 3 fully saturated rings. The van der Waals surface area contributed by atoms with Crippen LogP contribution in [0.15, 0.2) is 81.7 Å². The first-order chi connectivity index (χ1) is 27.7. The van der Waals surface area contributed by atoms with Crippen LogP contribution in [0, 0.1) is 40.4 Å². The molecule has 0 aromatic carbocycles. The first kappa shape index (κ1) is 39.0. The molecular weight excluding hydrogens is 763 g/mol. The topological polar surface area (TPSA) is 154 Å². The number of nitrogens with zero attached hydrogens (tertiary/aromatic N) is 1. The molecule has 7 atom stereocenters. The van der Waals surface area contributed by atoms with Crippen LogP contribution in [0.4, 0.5) is 0 Å². The predicted molar refractivity (Wildman–Crippen MR) is 217 cm³/mol. The van der Waals surface area contributed by atoms with E-state index in [9.17, 15) is 29.4 Å². The Kier molecular flexibility index (Phi) is 10.7. The monoisotopic (exact) mass is 815 g/mol. The Morgan fingerprint density at radius 2 is 1.81 bits per heavy atom. The van der Waals surface area contributed by atoms with E-state index in [1.165, 1.54) is 38.6 Å². The summed E-state index contributed by atoms with van der Waals surface area (Å²) in [6.07, 6.45) is 21.8. The van der Waals surface area contributed by atoms with E-state index in [4.69, 9.17) is 9.47 Å². The number of unbranched alkanes of at least 4 members (excludes halogenated alkanes) is 1. The van der Waals surface area contributed by atoms with Gasteiger partial charge in [0.05, 0.1) is 22.7 Å². The van der Waals surface area contributed by atoms with Crippen LogP contribution >= 0.6 is 21.6 Å². The number of allylic oxidation sites excluding steroid dienone is 5. The van der Waals surface area contributed by atoms with Crippen LogP contribution in [0.1, 0.15) is 90.4 Å². The summed E-state index contributed by atoms with van der Waals surface area (Å²) in [6.45, 7) is 2.89. The van der Waals surface area contributed by atoms with Gasteiger partial charge in [-0.3, -0.25) is 14.5 Å². The number of amides is 2. The number of carbonyl (C=O) groups is 4. The van der Waals surface area contributed by atoms with Crippen molar-refractivity contribution in [3.05, 3.63) is 81.7 Å². The molecule has 0 radical (unpaired) electrons. The Hall–Kier alpha value is -3.52. The number of nitrogens with one attached hydrogen (secondary N) is 2. The molecule has 304 valence electrons. The number of hydrogen-bond acceptors (Lipinski definition) is 12. The van der Waals surface area contributed by atoms with Crippen LogP contribution in [0.2, 0.25) is 0 Å². The molecule has 13 heteroatoms. The summed E-state index contributed by atoms with van der Waals surface area (Å²) < 4.78 is 12.8. The minimum absolute atomic E-state index is 0.000979. The fourth-order valence-electron chi connectivity index (χ4n) is 11.8. The molecule has 0 aromatic heterocycles. The Bertz CT molecular complexity index is 1950. The fraction of sp³-hybridized carbons (Fsp3) is 0.591. The lowest BCUT2D eigenvalue weighted by Gasteiger charge is -2.57. The zero-order valence-corrected chi connectivity index (χ0v) is 34.2. The number of cyclic esters (lactones) is 1. The van der Waals surface area contributed by atoms with Crippen LogP contribution in [0.3, 0.4) is 0 Å². The van der Waals surface area contributed by atoms with Gasteiger partial charge in [-0.1, -0.05) is 53.9 Å². The Morgan fingerprint density at radius 1 is 1.00 bits per heavy atom. The van der Waals surface area contributed by atoms with Crippen molar-refractivity contribution in [3.8, 4) is 0 Å².